The van der Waals surface area contributed by atoms with Crippen molar-refractivity contribution in [2.75, 3.05) is 5.32 Å². The van der Waals surface area contributed by atoms with E-state index in [4.69, 9.17) is 4.74 Å². The SMILES string of the molecule is Cc1ccc(C(=O)OC(C)C(=O)Nc2ccc(F)c([N+](=O)[O-])c2)cc1. The number of rotatable bonds is 5. The predicted molar refractivity (Wildman–Crippen MR) is 87.7 cm³/mol. The maximum absolute atomic E-state index is 13.3. The molecule has 2 rings (SSSR count). The molecule has 8 heteroatoms. The van der Waals surface area contributed by atoms with Gasteiger partial charge >= 0.3 is 11.7 Å². The number of nitrogens with one attached hydrogen (secondary N) is 1. The van der Waals surface area contributed by atoms with E-state index < -0.39 is 34.4 Å². The van der Waals surface area contributed by atoms with Gasteiger partial charge in [0.15, 0.2) is 6.10 Å². The number of halogens is 1. The van der Waals surface area contributed by atoms with Gasteiger partial charge in [0.25, 0.3) is 5.91 Å². The van der Waals surface area contributed by atoms with E-state index in [0.717, 1.165) is 17.7 Å². The largest absolute Gasteiger partial charge is 0.449 e. The highest BCUT2D eigenvalue weighted by atomic mass is 19.1. The van der Waals surface area contributed by atoms with Crippen molar-refractivity contribution in [1.29, 1.82) is 0 Å². The molecule has 1 atom stereocenters. The number of aryl methyl sites for hydroxylation is 1. The Balaban J connectivity index is 2.03. The van der Waals surface area contributed by atoms with Crippen LogP contribution in [0, 0.1) is 22.9 Å². The number of amides is 1. The molecule has 130 valence electrons. The Hall–Kier alpha value is -3.29. The van der Waals surface area contributed by atoms with Crippen molar-refractivity contribution in [2.45, 2.75) is 20.0 Å². The molecule has 1 amide bonds. The lowest BCUT2D eigenvalue weighted by Crippen LogP contribution is -2.30. The van der Waals surface area contributed by atoms with Crippen LogP contribution in [-0.2, 0) is 9.53 Å². The molecule has 0 bridgehead atoms. The molecule has 0 heterocycles. The van der Waals surface area contributed by atoms with E-state index in [1.54, 1.807) is 24.3 Å². The van der Waals surface area contributed by atoms with Crippen LogP contribution < -0.4 is 5.32 Å². The molecule has 0 saturated carbocycles. The lowest BCUT2D eigenvalue weighted by molar-refractivity contribution is -0.387. The van der Waals surface area contributed by atoms with E-state index in [9.17, 15) is 24.1 Å². The smallest absolute Gasteiger partial charge is 0.338 e. The molecule has 0 fully saturated rings. The number of ether oxygens (including phenoxy) is 1. The first-order valence-corrected chi connectivity index (χ1v) is 7.30. The zero-order valence-corrected chi connectivity index (χ0v) is 13.5. The van der Waals surface area contributed by atoms with Gasteiger partial charge in [0, 0.05) is 11.8 Å². The first-order chi connectivity index (χ1) is 11.8. The van der Waals surface area contributed by atoms with Crippen molar-refractivity contribution in [1.82, 2.24) is 0 Å². The quantitative estimate of drug-likeness (QED) is 0.509. The van der Waals surface area contributed by atoms with Crippen LogP contribution in [0.2, 0.25) is 0 Å². The van der Waals surface area contributed by atoms with Crippen molar-refractivity contribution in [3.05, 3.63) is 69.5 Å². The molecule has 0 spiro atoms. The summed E-state index contributed by atoms with van der Waals surface area (Å²) in [7, 11) is 0. The lowest BCUT2D eigenvalue weighted by atomic mass is 10.1. The van der Waals surface area contributed by atoms with Gasteiger partial charge in [-0.05, 0) is 38.1 Å². The molecule has 1 N–H and O–H groups in total. The molecule has 25 heavy (non-hydrogen) atoms. The van der Waals surface area contributed by atoms with Crippen LogP contribution in [0.25, 0.3) is 0 Å². The minimum absolute atomic E-state index is 0.0244. The Morgan fingerprint density at radius 1 is 1.20 bits per heavy atom. The fraction of sp³-hybridized carbons (Fsp3) is 0.176. The average Bonchev–Trinajstić information content (AvgIpc) is 2.56. The van der Waals surface area contributed by atoms with Gasteiger partial charge in [-0.1, -0.05) is 17.7 Å². The van der Waals surface area contributed by atoms with E-state index in [2.05, 4.69) is 5.32 Å². The molecule has 0 aromatic heterocycles. The summed E-state index contributed by atoms with van der Waals surface area (Å²) >= 11 is 0. The summed E-state index contributed by atoms with van der Waals surface area (Å²) in [5, 5.41) is 13.0. The van der Waals surface area contributed by atoms with Crippen molar-refractivity contribution < 1.29 is 23.6 Å². The topological polar surface area (TPSA) is 98.5 Å². The van der Waals surface area contributed by atoms with Gasteiger partial charge in [-0.15, -0.1) is 0 Å². The molecule has 1 unspecified atom stereocenters. The third-order valence-corrected chi connectivity index (χ3v) is 3.35. The van der Waals surface area contributed by atoms with Crippen LogP contribution in [-0.4, -0.2) is 22.9 Å². The molecule has 0 aliphatic heterocycles. The number of nitro benzene ring substituents is 1. The maximum Gasteiger partial charge on any atom is 0.338 e. The second-order valence-corrected chi connectivity index (χ2v) is 5.33. The number of anilines is 1. The van der Waals surface area contributed by atoms with Crippen LogP contribution in [0.5, 0.6) is 0 Å². The average molecular weight is 346 g/mol. The molecule has 0 saturated heterocycles. The third kappa shape index (κ3) is 4.60. The monoisotopic (exact) mass is 346 g/mol. The summed E-state index contributed by atoms with van der Waals surface area (Å²) in [5.74, 6) is -2.38. The van der Waals surface area contributed by atoms with Crippen molar-refractivity contribution in [3.8, 4) is 0 Å². The summed E-state index contributed by atoms with van der Waals surface area (Å²) in [6.45, 7) is 3.23. The number of benzene rings is 2. The standard InChI is InChI=1S/C17H15FN2O5/c1-10-3-5-12(6-4-10)17(22)25-11(2)16(21)19-13-7-8-14(18)15(9-13)20(23)24/h3-9,11H,1-2H3,(H,19,21). The lowest BCUT2D eigenvalue weighted by Gasteiger charge is -2.13. The second-order valence-electron chi connectivity index (χ2n) is 5.33. The number of hydrogen-bond acceptors (Lipinski definition) is 5. The number of carbonyl (C=O) groups excluding carboxylic acids is 2. The summed E-state index contributed by atoms with van der Waals surface area (Å²) in [6, 6.07) is 9.56. The molecule has 2 aromatic carbocycles. The van der Waals surface area contributed by atoms with Crippen molar-refractivity contribution in [3.63, 3.8) is 0 Å². The van der Waals surface area contributed by atoms with Crippen molar-refractivity contribution >= 4 is 23.3 Å². The highest BCUT2D eigenvalue weighted by Gasteiger charge is 2.21. The number of esters is 1. The van der Waals surface area contributed by atoms with Gasteiger partial charge in [-0.3, -0.25) is 14.9 Å². The molecular weight excluding hydrogens is 331 g/mol. The zero-order valence-electron chi connectivity index (χ0n) is 13.5. The summed E-state index contributed by atoms with van der Waals surface area (Å²) in [4.78, 5) is 33.8. The Kier molecular flexibility index (Phi) is 5.43. The number of nitro groups is 1. The Bertz CT molecular complexity index is 820. The molecule has 2 aromatic rings. The number of carbonyl (C=O) groups is 2. The molecular formula is C17H15FN2O5. The zero-order chi connectivity index (χ0) is 18.6. The van der Waals surface area contributed by atoms with E-state index in [1.807, 2.05) is 6.92 Å². The summed E-state index contributed by atoms with van der Waals surface area (Å²) < 4.78 is 18.3. The Labute approximate surface area is 142 Å². The van der Waals surface area contributed by atoms with Crippen LogP contribution >= 0.6 is 0 Å². The summed E-state index contributed by atoms with van der Waals surface area (Å²) in [6.07, 6.45) is -1.14. The van der Waals surface area contributed by atoms with Gasteiger partial charge in [0.2, 0.25) is 5.82 Å². The maximum atomic E-state index is 13.3. The van der Waals surface area contributed by atoms with Gasteiger partial charge in [0.1, 0.15) is 0 Å². The third-order valence-electron chi connectivity index (χ3n) is 3.35. The van der Waals surface area contributed by atoms with Crippen LogP contribution in [0.15, 0.2) is 42.5 Å². The van der Waals surface area contributed by atoms with E-state index in [0.29, 0.717) is 5.56 Å². The normalized spacial score (nSPS) is 11.5. The molecule has 0 aliphatic carbocycles. The predicted octanol–water partition coefficient (Wildman–Crippen LogP) is 3.23. The van der Waals surface area contributed by atoms with Crippen LogP contribution in [0.3, 0.4) is 0 Å². The van der Waals surface area contributed by atoms with E-state index in [-0.39, 0.29) is 5.69 Å². The fourth-order valence-corrected chi connectivity index (χ4v) is 1.95. The van der Waals surface area contributed by atoms with E-state index in [1.165, 1.54) is 13.0 Å². The molecule has 7 nitrogen and oxygen atoms in total. The van der Waals surface area contributed by atoms with Crippen LogP contribution in [0.1, 0.15) is 22.8 Å². The highest BCUT2D eigenvalue weighted by Crippen LogP contribution is 2.21. The van der Waals surface area contributed by atoms with Gasteiger partial charge < -0.3 is 10.1 Å². The fourth-order valence-electron chi connectivity index (χ4n) is 1.95. The summed E-state index contributed by atoms with van der Waals surface area (Å²) in [5.41, 5.74) is 0.529. The Morgan fingerprint density at radius 2 is 1.84 bits per heavy atom. The van der Waals surface area contributed by atoms with Gasteiger partial charge in [0.05, 0.1) is 10.5 Å². The first kappa shape index (κ1) is 18.1. The van der Waals surface area contributed by atoms with Crippen LogP contribution in [0.4, 0.5) is 15.8 Å². The molecule has 0 aliphatic rings. The Morgan fingerprint density at radius 3 is 2.44 bits per heavy atom. The number of nitrogens with zero attached hydrogens (tertiary/aromatic N) is 1. The number of hydrogen-bond donors (Lipinski definition) is 1. The second kappa shape index (κ2) is 7.52. The van der Waals surface area contributed by atoms with Gasteiger partial charge in [-0.25, -0.2) is 4.79 Å². The minimum atomic E-state index is -1.14. The minimum Gasteiger partial charge on any atom is -0.449 e. The van der Waals surface area contributed by atoms with Crippen molar-refractivity contribution in [2.24, 2.45) is 0 Å². The van der Waals surface area contributed by atoms with E-state index >= 15 is 0 Å². The molecule has 0 radical (unpaired) electrons. The highest BCUT2D eigenvalue weighted by molar-refractivity contribution is 5.97. The first-order valence-electron chi connectivity index (χ1n) is 7.30. The van der Waals surface area contributed by atoms with Gasteiger partial charge in [-0.2, -0.15) is 4.39 Å².